The normalized spacial score (nSPS) is 24.9. The highest BCUT2D eigenvalue weighted by Gasteiger charge is 2.26. The number of fused-ring (bicyclic) bond motifs is 1. The molecule has 0 saturated carbocycles. The number of hydrogen-bond donors (Lipinski definition) is 1. The van der Waals surface area contributed by atoms with Crippen LogP contribution in [0.15, 0.2) is 6.33 Å². The van der Waals surface area contributed by atoms with E-state index in [4.69, 9.17) is 5.73 Å². The molecule has 1 aromatic rings. The Hall–Kier alpha value is -1.16. The van der Waals surface area contributed by atoms with Crippen LogP contribution in [0.4, 0.5) is 5.82 Å². The Morgan fingerprint density at radius 3 is 2.95 bits per heavy atom. The molecule has 1 aliphatic heterocycles. The molecular weight excluding hydrogens is 236 g/mol. The van der Waals surface area contributed by atoms with Crippen LogP contribution in [0.3, 0.4) is 0 Å². The Morgan fingerprint density at radius 1 is 1.26 bits per heavy atom. The number of anilines is 1. The minimum Gasteiger partial charge on any atom is -0.356 e. The van der Waals surface area contributed by atoms with E-state index in [-0.39, 0.29) is 6.04 Å². The first-order chi connectivity index (χ1) is 9.25. The molecule has 4 heteroatoms. The van der Waals surface area contributed by atoms with E-state index in [0.717, 1.165) is 25.9 Å². The van der Waals surface area contributed by atoms with Crippen molar-refractivity contribution >= 4 is 5.82 Å². The maximum atomic E-state index is 6.09. The Kier molecular flexibility index (Phi) is 3.69. The molecule has 1 saturated heterocycles. The number of nitrogens with zero attached hydrogens (tertiary/aromatic N) is 3. The average molecular weight is 260 g/mol. The van der Waals surface area contributed by atoms with Gasteiger partial charge in [0.2, 0.25) is 0 Å². The SMILES string of the molecule is CC(N)C1CCCN(c2ncnc3c2CCCC3)C1. The van der Waals surface area contributed by atoms with Crippen LogP contribution >= 0.6 is 0 Å². The van der Waals surface area contributed by atoms with Gasteiger partial charge in [0.25, 0.3) is 0 Å². The lowest BCUT2D eigenvalue weighted by Gasteiger charge is -2.36. The highest BCUT2D eigenvalue weighted by molar-refractivity contribution is 5.50. The van der Waals surface area contributed by atoms with Crippen molar-refractivity contribution in [1.82, 2.24) is 9.97 Å². The van der Waals surface area contributed by atoms with Crippen LogP contribution in [0.25, 0.3) is 0 Å². The fraction of sp³-hybridized carbons (Fsp3) is 0.733. The molecule has 4 nitrogen and oxygen atoms in total. The Balaban J connectivity index is 1.85. The van der Waals surface area contributed by atoms with Crippen LogP contribution in [0, 0.1) is 5.92 Å². The van der Waals surface area contributed by atoms with E-state index in [1.807, 2.05) is 0 Å². The first kappa shape index (κ1) is 12.9. The van der Waals surface area contributed by atoms with Crippen molar-refractivity contribution in [2.75, 3.05) is 18.0 Å². The van der Waals surface area contributed by atoms with Gasteiger partial charge in [-0.05, 0) is 51.4 Å². The van der Waals surface area contributed by atoms with Crippen molar-refractivity contribution in [3.8, 4) is 0 Å². The van der Waals surface area contributed by atoms with Gasteiger partial charge in [-0.1, -0.05) is 0 Å². The summed E-state index contributed by atoms with van der Waals surface area (Å²) in [6.07, 6.45) is 9.03. The summed E-state index contributed by atoms with van der Waals surface area (Å²) in [5.74, 6) is 1.79. The van der Waals surface area contributed by atoms with Crippen LogP contribution in [0.5, 0.6) is 0 Å². The Bertz CT molecular complexity index is 444. The molecule has 0 aromatic carbocycles. The average Bonchev–Trinajstić information content (AvgIpc) is 2.47. The molecule has 1 aliphatic carbocycles. The van der Waals surface area contributed by atoms with Gasteiger partial charge in [-0.25, -0.2) is 9.97 Å². The first-order valence-electron chi connectivity index (χ1n) is 7.59. The maximum Gasteiger partial charge on any atom is 0.135 e. The smallest absolute Gasteiger partial charge is 0.135 e. The number of aryl methyl sites for hydroxylation is 1. The van der Waals surface area contributed by atoms with E-state index in [1.165, 1.54) is 42.8 Å². The van der Waals surface area contributed by atoms with Crippen LogP contribution in [-0.2, 0) is 12.8 Å². The number of rotatable bonds is 2. The van der Waals surface area contributed by atoms with Crippen LogP contribution in [-0.4, -0.2) is 29.1 Å². The lowest BCUT2D eigenvalue weighted by atomic mass is 9.91. The van der Waals surface area contributed by atoms with Crippen molar-refractivity contribution in [1.29, 1.82) is 0 Å². The summed E-state index contributed by atoms with van der Waals surface area (Å²) in [5, 5.41) is 0. The van der Waals surface area contributed by atoms with Crippen molar-refractivity contribution in [3.05, 3.63) is 17.6 Å². The predicted octanol–water partition coefficient (Wildman–Crippen LogP) is 1.92. The molecule has 0 radical (unpaired) electrons. The van der Waals surface area contributed by atoms with Crippen molar-refractivity contribution in [3.63, 3.8) is 0 Å². The lowest BCUT2D eigenvalue weighted by Crippen LogP contribution is -2.43. The van der Waals surface area contributed by atoms with E-state index >= 15 is 0 Å². The Morgan fingerprint density at radius 2 is 2.11 bits per heavy atom. The summed E-state index contributed by atoms with van der Waals surface area (Å²) in [5.41, 5.74) is 8.76. The highest BCUT2D eigenvalue weighted by atomic mass is 15.2. The summed E-state index contributed by atoms with van der Waals surface area (Å²) < 4.78 is 0. The zero-order valence-electron chi connectivity index (χ0n) is 11.8. The zero-order valence-corrected chi connectivity index (χ0v) is 11.8. The minimum absolute atomic E-state index is 0.278. The quantitative estimate of drug-likeness (QED) is 0.882. The molecule has 2 unspecified atom stereocenters. The largest absolute Gasteiger partial charge is 0.356 e. The fourth-order valence-electron chi connectivity index (χ4n) is 3.41. The topological polar surface area (TPSA) is 55.0 Å². The van der Waals surface area contributed by atoms with Gasteiger partial charge >= 0.3 is 0 Å². The van der Waals surface area contributed by atoms with E-state index in [2.05, 4.69) is 21.8 Å². The van der Waals surface area contributed by atoms with E-state index in [1.54, 1.807) is 6.33 Å². The van der Waals surface area contributed by atoms with Gasteiger partial charge in [-0.15, -0.1) is 0 Å². The molecule has 2 heterocycles. The number of piperidine rings is 1. The number of nitrogens with two attached hydrogens (primary N) is 1. The van der Waals surface area contributed by atoms with E-state index in [0.29, 0.717) is 5.92 Å². The van der Waals surface area contributed by atoms with Crippen LogP contribution in [0.1, 0.15) is 43.9 Å². The fourth-order valence-corrected chi connectivity index (χ4v) is 3.41. The standard InChI is InChI=1S/C15H24N4/c1-11(16)12-5-4-8-19(9-12)15-13-6-2-3-7-14(13)17-10-18-15/h10-12H,2-9,16H2,1H3. The summed E-state index contributed by atoms with van der Waals surface area (Å²) in [7, 11) is 0. The van der Waals surface area contributed by atoms with Gasteiger partial charge in [0.05, 0.1) is 0 Å². The monoisotopic (exact) mass is 260 g/mol. The summed E-state index contributed by atoms with van der Waals surface area (Å²) in [6.45, 7) is 4.30. The molecule has 1 fully saturated rings. The van der Waals surface area contributed by atoms with Gasteiger partial charge in [0.1, 0.15) is 12.1 Å². The first-order valence-corrected chi connectivity index (χ1v) is 7.59. The van der Waals surface area contributed by atoms with Gasteiger partial charge in [-0.3, -0.25) is 0 Å². The van der Waals surface area contributed by atoms with E-state index in [9.17, 15) is 0 Å². The molecule has 2 N–H and O–H groups in total. The van der Waals surface area contributed by atoms with Gasteiger partial charge in [-0.2, -0.15) is 0 Å². The molecule has 2 atom stereocenters. The third-order valence-corrected chi connectivity index (χ3v) is 4.60. The molecule has 104 valence electrons. The third-order valence-electron chi connectivity index (χ3n) is 4.60. The zero-order chi connectivity index (χ0) is 13.2. The molecule has 0 bridgehead atoms. The summed E-state index contributed by atoms with van der Waals surface area (Å²) in [6, 6.07) is 0.278. The predicted molar refractivity (Wildman–Crippen MR) is 77.3 cm³/mol. The van der Waals surface area contributed by atoms with Crippen LogP contribution < -0.4 is 10.6 Å². The molecule has 1 aromatic heterocycles. The van der Waals surface area contributed by atoms with Gasteiger partial charge in [0.15, 0.2) is 0 Å². The molecule has 0 amide bonds. The van der Waals surface area contributed by atoms with Crippen molar-refractivity contribution in [2.24, 2.45) is 11.7 Å². The molecule has 3 rings (SSSR count). The number of hydrogen-bond acceptors (Lipinski definition) is 4. The van der Waals surface area contributed by atoms with Gasteiger partial charge in [0, 0.05) is 30.4 Å². The van der Waals surface area contributed by atoms with E-state index < -0.39 is 0 Å². The second-order valence-corrected chi connectivity index (χ2v) is 6.04. The van der Waals surface area contributed by atoms with Crippen LogP contribution in [0.2, 0.25) is 0 Å². The second kappa shape index (κ2) is 5.45. The molecular formula is C15H24N4. The summed E-state index contributed by atoms with van der Waals surface area (Å²) >= 11 is 0. The highest BCUT2D eigenvalue weighted by Crippen LogP contribution is 2.30. The molecule has 0 spiro atoms. The van der Waals surface area contributed by atoms with Gasteiger partial charge < -0.3 is 10.6 Å². The number of aromatic nitrogens is 2. The lowest BCUT2D eigenvalue weighted by molar-refractivity contribution is 0.362. The Labute approximate surface area is 115 Å². The maximum absolute atomic E-state index is 6.09. The summed E-state index contributed by atoms with van der Waals surface area (Å²) in [4.78, 5) is 11.5. The van der Waals surface area contributed by atoms with Crippen molar-refractivity contribution < 1.29 is 0 Å². The van der Waals surface area contributed by atoms with Crippen molar-refractivity contribution in [2.45, 2.75) is 51.5 Å². The molecule has 19 heavy (non-hydrogen) atoms. The third kappa shape index (κ3) is 2.59. The second-order valence-electron chi connectivity index (χ2n) is 6.04. The molecule has 2 aliphatic rings. The minimum atomic E-state index is 0.278.